The molecule has 2 amide bonds. The fraction of sp³-hybridized carbons (Fsp3) is 0.222. The number of pyridine rings is 1. The second-order valence-corrected chi connectivity index (χ2v) is 8.69. The number of nitrogens with zero attached hydrogens (tertiary/aromatic N) is 2. The predicted octanol–water partition coefficient (Wildman–Crippen LogP) is 4.57. The van der Waals surface area contributed by atoms with Crippen LogP contribution in [0.25, 0.3) is 22.5 Å². The number of amides is 2. The van der Waals surface area contributed by atoms with Gasteiger partial charge in [-0.25, -0.2) is 14.2 Å². The number of ether oxygens (including phenoxy) is 2. The number of benzene rings is 2. The van der Waals surface area contributed by atoms with Gasteiger partial charge in [0.05, 0.1) is 24.6 Å². The van der Waals surface area contributed by atoms with Crippen LogP contribution < -0.4 is 10.6 Å². The van der Waals surface area contributed by atoms with Crippen LogP contribution in [0.5, 0.6) is 0 Å². The Morgan fingerprint density at radius 2 is 1.72 bits per heavy atom. The molecule has 0 unspecified atom stereocenters. The Labute approximate surface area is 207 Å². The molecule has 1 saturated heterocycles. The Kier molecular flexibility index (Phi) is 6.75. The summed E-state index contributed by atoms with van der Waals surface area (Å²) in [6.07, 6.45) is 3.34. The van der Waals surface area contributed by atoms with E-state index in [-0.39, 0.29) is 17.6 Å². The lowest BCUT2D eigenvalue weighted by Crippen LogP contribution is -2.57. The number of aromatic amines is 1. The van der Waals surface area contributed by atoms with E-state index in [0.29, 0.717) is 36.7 Å². The molecule has 0 saturated carbocycles. The minimum atomic E-state index is -1.63. The second kappa shape index (κ2) is 10.3. The maximum absolute atomic E-state index is 13.6. The van der Waals surface area contributed by atoms with Gasteiger partial charge < -0.3 is 19.8 Å². The number of rotatable bonds is 6. The van der Waals surface area contributed by atoms with Crippen LogP contribution in [0.2, 0.25) is 0 Å². The molecule has 0 atom stereocenters. The van der Waals surface area contributed by atoms with Crippen LogP contribution in [0.1, 0.15) is 18.3 Å². The van der Waals surface area contributed by atoms with Crippen LogP contribution in [-0.2, 0) is 21.9 Å². The van der Waals surface area contributed by atoms with Crippen molar-refractivity contribution >= 4 is 6.03 Å². The molecule has 1 aliphatic heterocycles. The molecular formula is C27H26FN5O3. The summed E-state index contributed by atoms with van der Waals surface area (Å²) < 4.78 is 25.8. The normalized spacial score (nSPS) is 19.6. The molecule has 3 N–H and O–H groups in total. The van der Waals surface area contributed by atoms with Gasteiger partial charge in [0, 0.05) is 36.0 Å². The van der Waals surface area contributed by atoms with E-state index in [1.807, 2.05) is 49.4 Å². The largest absolute Gasteiger partial charge is 0.335 e. The SMILES string of the molecule is CC1COC(NC(=O)NCc2ccccc2)(c2nc(-c3ccc(F)cc3)c(-c3ccncc3)[nH]2)OC1. The van der Waals surface area contributed by atoms with Crippen molar-refractivity contribution in [1.82, 2.24) is 25.6 Å². The van der Waals surface area contributed by atoms with Crippen LogP contribution in [0, 0.1) is 11.7 Å². The zero-order valence-electron chi connectivity index (χ0n) is 19.7. The molecule has 0 aliphatic carbocycles. The molecule has 0 radical (unpaired) electrons. The first-order valence-electron chi connectivity index (χ1n) is 11.7. The number of hydrogen-bond acceptors (Lipinski definition) is 5. The number of halogens is 1. The summed E-state index contributed by atoms with van der Waals surface area (Å²) in [7, 11) is 0. The summed E-state index contributed by atoms with van der Waals surface area (Å²) in [6.45, 7) is 3.04. The fourth-order valence-electron chi connectivity index (χ4n) is 3.92. The Bertz CT molecular complexity index is 1300. The zero-order valence-corrected chi connectivity index (χ0v) is 19.7. The maximum Gasteiger partial charge on any atom is 0.319 e. The van der Waals surface area contributed by atoms with Gasteiger partial charge in [-0.05, 0) is 42.0 Å². The quantitative estimate of drug-likeness (QED) is 0.370. The highest BCUT2D eigenvalue weighted by Gasteiger charge is 2.44. The van der Waals surface area contributed by atoms with Crippen LogP contribution >= 0.6 is 0 Å². The van der Waals surface area contributed by atoms with Gasteiger partial charge in [-0.1, -0.05) is 37.3 Å². The van der Waals surface area contributed by atoms with Gasteiger partial charge in [-0.3, -0.25) is 10.3 Å². The molecule has 9 heteroatoms. The van der Waals surface area contributed by atoms with E-state index in [2.05, 4.69) is 20.6 Å². The third-order valence-electron chi connectivity index (χ3n) is 5.82. The van der Waals surface area contributed by atoms with Gasteiger partial charge in [0.1, 0.15) is 5.82 Å². The summed E-state index contributed by atoms with van der Waals surface area (Å²) >= 11 is 0. The van der Waals surface area contributed by atoms with Crippen LogP contribution in [0.3, 0.4) is 0 Å². The highest BCUT2D eigenvalue weighted by Crippen LogP contribution is 2.35. The molecule has 5 rings (SSSR count). The molecule has 4 aromatic rings. The lowest BCUT2D eigenvalue weighted by molar-refractivity contribution is -0.304. The van der Waals surface area contributed by atoms with Crippen molar-refractivity contribution in [2.24, 2.45) is 5.92 Å². The molecule has 8 nitrogen and oxygen atoms in total. The van der Waals surface area contributed by atoms with Crippen molar-refractivity contribution in [2.45, 2.75) is 19.4 Å². The maximum atomic E-state index is 13.6. The number of carbonyl (C=O) groups excluding carboxylic acids is 1. The zero-order chi connectivity index (χ0) is 25.0. The summed E-state index contributed by atoms with van der Waals surface area (Å²) in [5.41, 5.74) is 3.69. The van der Waals surface area contributed by atoms with E-state index in [1.54, 1.807) is 24.5 Å². The Morgan fingerprint density at radius 1 is 1.03 bits per heavy atom. The van der Waals surface area contributed by atoms with Crippen LogP contribution in [0.4, 0.5) is 9.18 Å². The Hall–Kier alpha value is -4.08. The summed E-state index contributed by atoms with van der Waals surface area (Å²) in [6, 6.07) is 18.8. The van der Waals surface area contributed by atoms with E-state index in [4.69, 9.17) is 14.5 Å². The number of H-pyrrole nitrogens is 1. The van der Waals surface area contributed by atoms with Crippen molar-refractivity contribution in [3.63, 3.8) is 0 Å². The molecule has 2 aromatic heterocycles. The topological polar surface area (TPSA) is 101 Å². The first-order valence-corrected chi connectivity index (χ1v) is 11.7. The lowest BCUT2D eigenvalue weighted by atomic mass is 10.1. The van der Waals surface area contributed by atoms with Crippen molar-refractivity contribution in [3.05, 3.63) is 96.3 Å². The average molecular weight is 488 g/mol. The van der Waals surface area contributed by atoms with Gasteiger partial charge in [0.15, 0.2) is 5.82 Å². The second-order valence-electron chi connectivity index (χ2n) is 8.69. The smallest absolute Gasteiger partial charge is 0.319 e. The molecule has 184 valence electrons. The number of imidazole rings is 1. The summed E-state index contributed by atoms with van der Waals surface area (Å²) in [4.78, 5) is 25.1. The van der Waals surface area contributed by atoms with E-state index in [0.717, 1.165) is 11.1 Å². The number of nitrogens with one attached hydrogen (secondary N) is 3. The van der Waals surface area contributed by atoms with Gasteiger partial charge in [-0.2, -0.15) is 0 Å². The number of urea groups is 1. The Balaban J connectivity index is 1.50. The lowest BCUT2D eigenvalue weighted by Gasteiger charge is -2.37. The Morgan fingerprint density at radius 3 is 2.42 bits per heavy atom. The number of hydrogen-bond donors (Lipinski definition) is 3. The van der Waals surface area contributed by atoms with Crippen molar-refractivity contribution in [3.8, 4) is 22.5 Å². The number of aromatic nitrogens is 3. The molecule has 3 heterocycles. The van der Waals surface area contributed by atoms with Gasteiger partial charge in [-0.15, -0.1) is 0 Å². The van der Waals surface area contributed by atoms with E-state index < -0.39 is 11.9 Å². The molecule has 0 bridgehead atoms. The van der Waals surface area contributed by atoms with Crippen molar-refractivity contribution in [2.75, 3.05) is 13.2 Å². The van der Waals surface area contributed by atoms with E-state index >= 15 is 0 Å². The van der Waals surface area contributed by atoms with Gasteiger partial charge >= 0.3 is 11.9 Å². The van der Waals surface area contributed by atoms with Gasteiger partial charge in [0.25, 0.3) is 0 Å². The first-order chi connectivity index (χ1) is 17.5. The molecule has 1 aliphatic rings. The van der Waals surface area contributed by atoms with Crippen molar-refractivity contribution in [1.29, 1.82) is 0 Å². The van der Waals surface area contributed by atoms with Gasteiger partial charge in [0.2, 0.25) is 0 Å². The monoisotopic (exact) mass is 487 g/mol. The minimum absolute atomic E-state index is 0.138. The predicted molar refractivity (Wildman–Crippen MR) is 132 cm³/mol. The summed E-state index contributed by atoms with van der Waals surface area (Å²) in [5.74, 6) is -1.57. The number of carbonyl (C=O) groups is 1. The molecular weight excluding hydrogens is 461 g/mol. The first kappa shape index (κ1) is 23.7. The third kappa shape index (κ3) is 5.12. The highest BCUT2D eigenvalue weighted by atomic mass is 19.1. The highest BCUT2D eigenvalue weighted by molar-refractivity contribution is 5.79. The van der Waals surface area contributed by atoms with Crippen LogP contribution in [-0.4, -0.2) is 34.2 Å². The summed E-state index contributed by atoms with van der Waals surface area (Å²) in [5, 5.41) is 5.67. The third-order valence-corrected chi connectivity index (χ3v) is 5.82. The minimum Gasteiger partial charge on any atom is -0.335 e. The van der Waals surface area contributed by atoms with Crippen molar-refractivity contribution < 1.29 is 18.7 Å². The average Bonchev–Trinajstić information content (AvgIpc) is 3.37. The molecule has 1 fully saturated rings. The van der Waals surface area contributed by atoms with E-state index in [9.17, 15) is 9.18 Å². The van der Waals surface area contributed by atoms with E-state index in [1.165, 1.54) is 12.1 Å². The van der Waals surface area contributed by atoms with Crippen LogP contribution in [0.15, 0.2) is 79.1 Å². The molecule has 36 heavy (non-hydrogen) atoms. The standard InChI is InChI=1S/C27H26FN5O3/c1-18-16-35-27(36-17-18,33-26(34)30-15-19-5-3-2-4-6-19)25-31-23(20-7-9-22(28)10-8-20)24(32-25)21-11-13-29-14-12-21/h2-14,18H,15-17H2,1H3,(H,31,32)(H2,30,33,34). The molecule has 0 spiro atoms. The fourth-order valence-corrected chi connectivity index (χ4v) is 3.92. The molecule has 2 aromatic carbocycles.